The number of hydrogen-bond donors (Lipinski definition) is 2. The van der Waals surface area contributed by atoms with Gasteiger partial charge in [0.1, 0.15) is 12.2 Å². The van der Waals surface area contributed by atoms with Crippen LogP contribution in [0.4, 0.5) is 0 Å². The molecule has 6 nitrogen and oxygen atoms in total. The minimum atomic E-state index is 0. The van der Waals surface area contributed by atoms with Crippen LogP contribution in [0, 0.1) is 0 Å². The van der Waals surface area contributed by atoms with Crippen molar-refractivity contribution in [3.63, 3.8) is 0 Å². The van der Waals surface area contributed by atoms with Crippen molar-refractivity contribution >= 4 is 41.3 Å². The van der Waals surface area contributed by atoms with E-state index in [9.17, 15) is 0 Å². The fourth-order valence-corrected chi connectivity index (χ4v) is 3.46. The van der Waals surface area contributed by atoms with E-state index in [0.717, 1.165) is 44.3 Å². The lowest BCUT2D eigenvalue weighted by Gasteiger charge is -2.18. The molecule has 0 radical (unpaired) electrons. The Balaban J connectivity index is 0.00000364. The Morgan fingerprint density at radius 2 is 2.15 bits per heavy atom. The first-order valence-electron chi connectivity index (χ1n) is 9.69. The zero-order valence-electron chi connectivity index (χ0n) is 16.6. The van der Waals surface area contributed by atoms with E-state index in [0.29, 0.717) is 0 Å². The monoisotopic (exact) mass is 504 g/mol. The van der Waals surface area contributed by atoms with Gasteiger partial charge in [0.25, 0.3) is 0 Å². The van der Waals surface area contributed by atoms with Crippen LogP contribution in [0.1, 0.15) is 63.2 Å². The molecule has 0 aliphatic heterocycles. The van der Waals surface area contributed by atoms with Crippen LogP contribution < -0.4 is 10.6 Å². The molecule has 0 aliphatic carbocycles. The second-order valence-electron chi connectivity index (χ2n) is 6.39. The molecule has 2 N–H and O–H groups in total. The van der Waals surface area contributed by atoms with Gasteiger partial charge in [0.15, 0.2) is 5.96 Å². The fourth-order valence-electron chi connectivity index (χ4n) is 2.73. The largest absolute Gasteiger partial charge is 0.355 e. The second kappa shape index (κ2) is 13.9. The normalized spacial score (nSPS) is 12.5. The van der Waals surface area contributed by atoms with Gasteiger partial charge >= 0.3 is 0 Å². The molecule has 0 saturated heterocycles. The van der Waals surface area contributed by atoms with E-state index in [1.807, 2.05) is 0 Å². The lowest BCUT2D eigenvalue weighted by atomic mass is 10.2. The number of aryl methyl sites for hydroxylation is 1. The summed E-state index contributed by atoms with van der Waals surface area (Å²) < 4.78 is 2.09. The molecule has 27 heavy (non-hydrogen) atoms. The highest BCUT2D eigenvalue weighted by Gasteiger charge is 2.09. The zero-order valence-corrected chi connectivity index (χ0v) is 19.8. The molecule has 2 aromatic rings. The summed E-state index contributed by atoms with van der Waals surface area (Å²) in [5, 5.41) is 17.2. The van der Waals surface area contributed by atoms with E-state index in [1.165, 1.54) is 24.1 Å². The van der Waals surface area contributed by atoms with Gasteiger partial charge in [0.05, 0.1) is 6.04 Å². The van der Waals surface area contributed by atoms with Gasteiger partial charge in [-0.05, 0) is 24.8 Å². The van der Waals surface area contributed by atoms with Gasteiger partial charge in [-0.25, -0.2) is 0 Å². The van der Waals surface area contributed by atoms with Gasteiger partial charge in [-0.15, -0.1) is 45.5 Å². The topological polar surface area (TPSA) is 67.1 Å². The van der Waals surface area contributed by atoms with Gasteiger partial charge < -0.3 is 15.2 Å². The molecule has 2 heterocycles. The molecule has 8 heteroatoms. The Morgan fingerprint density at radius 3 is 2.85 bits per heavy atom. The molecular formula is C19H33IN6S. The number of nitrogens with one attached hydrogen (secondary N) is 2. The highest BCUT2D eigenvalue weighted by Crippen LogP contribution is 2.17. The van der Waals surface area contributed by atoms with Crippen LogP contribution in [0.25, 0.3) is 0 Å². The van der Waals surface area contributed by atoms with Crippen molar-refractivity contribution in [2.45, 2.75) is 65.5 Å². The van der Waals surface area contributed by atoms with Crippen molar-refractivity contribution in [1.82, 2.24) is 25.4 Å². The smallest absolute Gasteiger partial charge is 0.191 e. The van der Waals surface area contributed by atoms with Gasteiger partial charge in [-0.1, -0.05) is 39.2 Å². The predicted octanol–water partition coefficient (Wildman–Crippen LogP) is 4.40. The third-order valence-electron chi connectivity index (χ3n) is 4.26. The number of hydrogen-bond acceptors (Lipinski definition) is 4. The summed E-state index contributed by atoms with van der Waals surface area (Å²) in [5.41, 5.74) is 0. The van der Waals surface area contributed by atoms with Crippen molar-refractivity contribution in [2.75, 3.05) is 13.1 Å². The maximum Gasteiger partial charge on any atom is 0.191 e. The Kier molecular flexibility index (Phi) is 12.3. The van der Waals surface area contributed by atoms with E-state index in [2.05, 4.69) is 63.7 Å². The molecule has 0 amide bonds. The highest BCUT2D eigenvalue weighted by atomic mass is 127. The predicted molar refractivity (Wildman–Crippen MR) is 125 cm³/mol. The first kappa shape index (κ1) is 23.9. The van der Waals surface area contributed by atoms with E-state index < -0.39 is 0 Å². The summed E-state index contributed by atoms with van der Waals surface area (Å²) in [6.45, 7) is 8.99. The van der Waals surface area contributed by atoms with E-state index >= 15 is 0 Å². The molecule has 1 unspecified atom stereocenters. The average Bonchev–Trinajstić information content (AvgIpc) is 3.32. The first-order valence-corrected chi connectivity index (χ1v) is 10.6. The minimum absolute atomic E-state index is 0. The first-order chi connectivity index (χ1) is 12.7. The number of rotatable bonds is 11. The summed E-state index contributed by atoms with van der Waals surface area (Å²) in [7, 11) is 0. The molecule has 0 spiro atoms. The van der Waals surface area contributed by atoms with Crippen LogP contribution in [-0.4, -0.2) is 33.8 Å². The number of thiophene rings is 1. The van der Waals surface area contributed by atoms with E-state index in [1.54, 1.807) is 17.7 Å². The Bertz CT molecular complexity index is 640. The second-order valence-corrected chi connectivity index (χ2v) is 7.37. The summed E-state index contributed by atoms with van der Waals surface area (Å²) in [5.74, 6) is 1.90. The van der Waals surface area contributed by atoms with Gasteiger partial charge in [-0.2, -0.15) is 0 Å². The quantitative estimate of drug-likeness (QED) is 0.206. The fraction of sp³-hybridized carbons (Fsp3) is 0.632. The lowest BCUT2D eigenvalue weighted by molar-refractivity contribution is 0.617. The van der Waals surface area contributed by atoms with Crippen LogP contribution in [0.3, 0.4) is 0 Å². The summed E-state index contributed by atoms with van der Waals surface area (Å²) in [4.78, 5) is 6.08. The SMILES string of the molecule is CCCCCCN=C(NCCn1cnnc1CC)NC(C)c1cccs1.I. The summed E-state index contributed by atoms with van der Waals surface area (Å²) in [6, 6.07) is 4.50. The molecule has 1 atom stereocenters. The number of aliphatic imine (C=N–C) groups is 1. The Hall–Kier alpha value is -1.16. The van der Waals surface area contributed by atoms with Crippen LogP contribution in [0.15, 0.2) is 28.8 Å². The number of halogens is 1. The molecule has 2 rings (SSSR count). The van der Waals surface area contributed by atoms with Gasteiger partial charge in [0.2, 0.25) is 0 Å². The zero-order chi connectivity index (χ0) is 18.6. The van der Waals surface area contributed by atoms with Crippen LogP contribution in [-0.2, 0) is 13.0 Å². The van der Waals surface area contributed by atoms with Gasteiger partial charge in [-0.3, -0.25) is 4.99 Å². The molecule has 0 aliphatic rings. The average molecular weight is 504 g/mol. The molecular weight excluding hydrogens is 471 g/mol. The molecule has 2 aromatic heterocycles. The van der Waals surface area contributed by atoms with Gasteiger partial charge in [0, 0.05) is 30.9 Å². The molecule has 0 bridgehead atoms. The van der Waals surface area contributed by atoms with Crippen LogP contribution in [0.5, 0.6) is 0 Å². The third-order valence-corrected chi connectivity index (χ3v) is 5.32. The maximum atomic E-state index is 4.77. The Morgan fingerprint density at radius 1 is 1.30 bits per heavy atom. The van der Waals surface area contributed by atoms with Crippen molar-refractivity contribution in [3.05, 3.63) is 34.5 Å². The van der Waals surface area contributed by atoms with Crippen LogP contribution >= 0.6 is 35.3 Å². The molecule has 0 saturated carbocycles. The van der Waals surface area contributed by atoms with E-state index in [-0.39, 0.29) is 30.0 Å². The maximum absolute atomic E-state index is 4.77. The number of unbranched alkanes of at least 4 members (excludes halogenated alkanes) is 3. The lowest BCUT2D eigenvalue weighted by Crippen LogP contribution is -2.40. The Labute approximate surface area is 184 Å². The van der Waals surface area contributed by atoms with Crippen LogP contribution in [0.2, 0.25) is 0 Å². The summed E-state index contributed by atoms with van der Waals surface area (Å²) in [6.07, 6.45) is 7.61. The molecule has 0 fully saturated rings. The minimum Gasteiger partial charge on any atom is -0.355 e. The number of aromatic nitrogens is 3. The number of guanidine groups is 1. The molecule has 152 valence electrons. The standard InChI is InChI=1S/C19H32N6S.HI/c1-4-6-7-8-11-20-19(23-16(3)17-10-9-14-26-17)21-12-13-25-15-22-24-18(25)5-2;/h9-10,14-16H,4-8,11-13H2,1-3H3,(H2,20,21,23);1H. The third kappa shape index (κ3) is 8.59. The van der Waals surface area contributed by atoms with Crippen molar-refractivity contribution in [1.29, 1.82) is 0 Å². The van der Waals surface area contributed by atoms with E-state index in [4.69, 9.17) is 4.99 Å². The molecule has 0 aromatic carbocycles. The highest BCUT2D eigenvalue weighted by molar-refractivity contribution is 14.0. The summed E-state index contributed by atoms with van der Waals surface area (Å²) >= 11 is 1.77. The van der Waals surface area contributed by atoms with Crippen molar-refractivity contribution < 1.29 is 0 Å². The number of nitrogens with zero attached hydrogens (tertiary/aromatic N) is 4. The van der Waals surface area contributed by atoms with Crippen molar-refractivity contribution in [3.8, 4) is 0 Å². The van der Waals surface area contributed by atoms with Crippen molar-refractivity contribution in [2.24, 2.45) is 4.99 Å².